The van der Waals surface area contributed by atoms with Crippen molar-refractivity contribution in [2.45, 2.75) is 18.4 Å². The number of benzene rings is 1. The highest BCUT2D eigenvalue weighted by Crippen LogP contribution is 2.26. The SMILES string of the molecule is NC(=O)CCC(O)(C(=O)O)c1ccccc1. The van der Waals surface area contributed by atoms with Gasteiger partial charge >= 0.3 is 5.97 Å². The fourth-order valence-electron chi connectivity index (χ4n) is 1.39. The van der Waals surface area contributed by atoms with Gasteiger partial charge in [0.25, 0.3) is 0 Å². The van der Waals surface area contributed by atoms with Crippen LogP contribution in [-0.2, 0) is 15.2 Å². The summed E-state index contributed by atoms with van der Waals surface area (Å²) in [5.41, 5.74) is 3.12. The minimum atomic E-state index is -2.06. The Morgan fingerprint density at radius 1 is 1.25 bits per heavy atom. The summed E-state index contributed by atoms with van der Waals surface area (Å²) in [5.74, 6) is -2.03. The molecule has 4 N–H and O–H groups in total. The topological polar surface area (TPSA) is 101 Å². The van der Waals surface area contributed by atoms with Gasteiger partial charge in [0.05, 0.1) is 0 Å². The van der Waals surface area contributed by atoms with E-state index in [1.165, 1.54) is 12.1 Å². The Bertz CT molecular complexity index is 390. The molecule has 1 atom stereocenters. The van der Waals surface area contributed by atoms with E-state index in [1.54, 1.807) is 18.2 Å². The second kappa shape index (κ2) is 4.76. The summed E-state index contributed by atoms with van der Waals surface area (Å²) in [6, 6.07) is 7.94. The average molecular weight is 223 g/mol. The molecule has 1 aromatic rings. The minimum absolute atomic E-state index is 0.183. The first-order chi connectivity index (χ1) is 7.47. The number of nitrogens with two attached hydrogens (primary N) is 1. The number of carboxylic acid groups (broad SMARTS) is 1. The van der Waals surface area contributed by atoms with Crippen LogP contribution in [0.3, 0.4) is 0 Å². The number of primary amides is 1. The molecule has 0 bridgehead atoms. The number of carbonyl (C=O) groups excluding carboxylic acids is 1. The lowest BCUT2D eigenvalue weighted by atomic mass is 9.89. The first kappa shape index (κ1) is 12.2. The molecule has 0 aliphatic heterocycles. The maximum absolute atomic E-state index is 11.0. The van der Waals surface area contributed by atoms with Crippen molar-refractivity contribution in [3.05, 3.63) is 35.9 Å². The smallest absolute Gasteiger partial charge is 0.340 e. The highest BCUT2D eigenvalue weighted by Gasteiger charge is 2.37. The standard InChI is InChI=1S/C11H13NO4/c12-9(13)6-7-11(16,10(14)15)8-4-2-1-3-5-8/h1-5,16H,6-7H2,(H2,12,13)(H,14,15). The van der Waals surface area contributed by atoms with E-state index >= 15 is 0 Å². The zero-order chi connectivity index (χ0) is 12.2. The van der Waals surface area contributed by atoms with Gasteiger partial charge in [-0.05, 0) is 12.0 Å². The third-order valence-corrected chi connectivity index (χ3v) is 2.34. The Kier molecular flexibility index (Phi) is 3.63. The fraction of sp³-hybridized carbons (Fsp3) is 0.273. The molecule has 0 radical (unpaired) electrons. The Hall–Kier alpha value is -1.88. The predicted octanol–water partition coefficient (Wildman–Crippen LogP) is 0.224. The van der Waals surface area contributed by atoms with Gasteiger partial charge in [0.1, 0.15) is 0 Å². The number of aliphatic carboxylic acids is 1. The Morgan fingerprint density at radius 2 is 1.81 bits per heavy atom. The maximum Gasteiger partial charge on any atom is 0.340 e. The lowest BCUT2D eigenvalue weighted by Gasteiger charge is -2.23. The average Bonchev–Trinajstić information content (AvgIpc) is 2.26. The molecule has 0 saturated carbocycles. The zero-order valence-corrected chi connectivity index (χ0v) is 8.59. The van der Waals surface area contributed by atoms with Crippen molar-refractivity contribution >= 4 is 11.9 Å². The number of hydrogen-bond donors (Lipinski definition) is 3. The van der Waals surface area contributed by atoms with Crippen molar-refractivity contribution in [1.29, 1.82) is 0 Å². The van der Waals surface area contributed by atoms with Crippen LogP contribution in [0.15, 0.2) is 30.3 Å². The molecule has 16 heavy (non-hydrogen) atoms. The number of amides is 1. The predicted molar refractivity (Wildman–Crippen MR) is 56.4 cm³/mol. The van der Waals surface area contributed by atoms with E-state index < -0.39 is 17.5 Å². The Labute approximate surface area is 92.5 Å². The van der Waals surface area contributed by atoms with Gasteiger partial charge in [0.15, 0.2) is 5.60 Å². The largest absolute Gasteiger partial charge is 0.479 e. The van der Waals surface area contributed by atoms with E-state index in [9.17, 15) is 14.7 Å². The van der Waals surface area contributed by atoms with Crippen LogP contribution in [0.4, 0.5) is 0 Å². The lowest BCUT2D eigenvalue weighted by Crippen LogP contribution is -2.36. The zero-order valence-electron chi connectivity index (χ0n) is 8.59. The van der Waals surface area contributed by atoms with Crippen LogP contribution in [-0.4, -0.2) is 22.1 Å². The van der Waals surface area contributed by atoms with Crippen LogP contribution in [0.2, 0.25) is 0 Å². The summed E-state index contributed by atoms with van der Waals surface area (Å²) in [7, 11) is 0. The van der Waals surface area contributed by atoms with E-state index in [1.807, 2.05) is 0 Å². The normalized spacial score (nSPS) is 14.1. The first-order valence-electron chi connectivity index (χ1n) is 4.76. The molecule has 0 fully saturated rings. The van der Waals surface area contributed by atoms with E-state index in [-0.39, 0.29) is 18.4 Å². The molecule has 1 rings (SSSR count). The monoisotopic (exact) mass is 223 g/mol. The van der Waals surface area contributed by atoms with Gasteiger partial charge in [-0.2, -0.15) is 0 Å². The van der Waals surface area contributed by atoms with Gasteiger partial charge < -0.3 is 15.9 Å². The molecule has 0 aromatic heterocycles. The van der Waals surface area contributed by atoms with Gasteiger partial charge in [-0.25, -0.2) is 4.79 Å². The van der Waals surface area contributed by atoms with Gasteiger partial charge in [0.2, 0.25) is 5.91 Å². The molecule has 0 heterocycles. The molecular weight excluding hydrogens is 210 g/mol. The number of carboxylic acids is 1. The summed E-state index contributed by atoms with van der Waals surface area (Å²) in [4.78, 5) is 21.7. The maximum atomic E-state index is 11.0. The molecule has 5 heteroatoms. The van der Waals surface area contributed by atoms with Gasteiger partial charge in [-0.15, -0.1) is 0 Å². The van der Waals surface area contributed by atoms with Crippen molar-refractivity contribution < 1.29 is 19.8 Å². The molecule has 0 aliphatic carbocycles. The molecule has 0 aliphatic rings. The van der Waals surface area contributed by atoms with Crippen LogP contribution < -0.4 is 5.73 Å². The third-order valence-electron chi connectivity index (χ3n) is 2.34. The van der Waals surface area contributed by atoms with Crippen LogP contribution in [0.25, 0.3) is 0 Å². The molecule has 1 aromatic carbocycles. The molecular formula is C11H13NO4. The Balaban J connectivity index is 2.98. The molecule has 86 valence electrons. The summed E-state index contributed by atoms with van der Waals surface area (Å²) >= 11 is 0. The third kappa shape index (κ3) is 2.58. The second-order valence-corrected chi connectivity index (χ2v) is 3.50. The summed E-state index contributed by atoms with van der Waals surface area (Å²) in [6.07, 6.45) is -0.417. The highest BCUT2D eigenvalue weighted by atomic mass is 16.4. The highest BCUT2D eigenvalue weighted by molar-refractivity contribution is 5.81. The van der Waals surface area contributed by atoms with Crippen molar-refractivity contribution in [2.24, 2.45) is 5.73 Å². The van der Waals surface area contributed by atoms with Crippen LogP contribution in [0, 0.1) is 0 Å². The fourth-order valence-corrected chi connectivity index (χ4v) is 1.39. The van der Waals surface area contributed by atoms with E-state index in [4.69, 9.17) is 10.8 Å². The van der Waals surface area contributed by atoms with Crippen LogP contribution >= 0.6 is 0 Å². The van der Waals surface area contributed by atoms with Gasteiger partial charge in [-0.3, -0.25) is 4.79 Å². The molecule has 1 amide bonds. The van der Waals surface area contributed by atoms with Crippen molar-refractivity contribution in [3.8, 4) is 0 Å². The molecule has 0 spiro atoms. The van der Waals surface area contributed by atoms with E-state index in [2.05, 4.69) is 0 Å². The summed E-state index contributed by atoms with van der Waals surface area (Å²) in [6.45, 7) is 0. The molecule has 0 saturated heterocycles. The number of carbonyl (C=O) groups is 2. The Morgan fingerprint density at radius 3 is 2.25 bits per heavy atom. The second-order valence-electron chi connectivity index (χ2n) is 3.50. The number of hydrogen-bond acceptors (Lipinski definition) is 3. The molecule has 5 nitrogen and oxygen atoms in total. The summed E-state index contributed by atoms with van der Waals surface area (Å²) < 4.78 is 0. The van der Waals surface area contributed by atoms with Crippen LogP contribution in [0.5, 0.6) is 0 Å². The van der Waals surface area contributed by atoms with Crippen molar-refractivity contribution in [1.82, 2.24) is 0 Å². The first-order valence-corrected chi connectivity index (χ1v) is 4.76. The van der Waals surface area contributed by atoms with E-state index in [0.29, 0.717) is 0 Å². The van der Waals surface area contributed by atoms with Gasteiger partial charge in [-0.1, -0.05) is 30.3 Å². The van der Waals surface area contributed by atoms with Crippen molar-refractivity contribution in [2.75, 3.05) is 0 Å². The van der Waals surface area contributed by atoms with Gasteiger partial charge in [0, 0.05) is 6.42 Å². The van der Waals surface area contributed by atoms with Crippen molar-refractivity contribution in [3.63, 3.8) is 0 Å². The lowest BCUT2D eigenvalue weighted by molar-refractivity contribution is -0.160. The summed E-state index contributed by atoms with van der Waals surface area (Å²) in [5, 5.41) is 19.0. The minimum Gasteiger partial charge on any atom is -0.479 e. The number of rotatable bonds is 5. The quantitative estimate of drug-likeness (QED) is 0.664. The van der Waals surface area contributed by atoms with E-state index in [0.717, 1.165) is 0 Å². The van der Waals surface area contributed by atoms with Crippen LogP contribution in [0.1, 0.15) is 18.4 Å². The number of aliphatic hydroxyl groups is 1. The molecule has 1 unspecified atom stereocenters.